The molecule has 1 aromatic heterocycles. The number of hydrogen-bond donors (Lipinski definition) is 2. The van der Waals surface area contributed by atoms with E-state index in [1.165, 1.54) is 75.6 Å². The largest absolute Gasteiger partial charge is 0.258 e. The van der Waals surface area contributed by atoms with Crippen LogP contribution >= 0.6 is 25.3 Å². The Morgan fingerprint density at radius 1 is 0.600 bits per heavy atom. The lowest BCUT2D eigenvalue weighted by atomic mass is 9.50. The average Bonchev–Trinajstić information content (AvgIpc) is 2.70. The van der Waals surface area contributed by atoms with Crippen LogP contribution in [0.4, 0.5) is 0 Å². The molecule has 1 nitrogen and oxygen atoms in total. The third-order valence-corrected chi connectivity index (χ3v) is 12.7. The number of rotatable bonds is 4. The second-order valence-corrected chi connectivity index (χ2v) is 14.2. The molecule has 0 N–H and O–H groups in total. The van der Waals surface area contributed by atoms with Crippen LogP contribution in [0.5, 0.6) is 0 Å². The van der Waals surface area contributed by atoms with Crippen LogP contribution in [0.1, 0.15) is 75.6 Å². The molecule has 8 bridgehead atoms. The number of thiol groups is 2. The molecule has 3 heteroatoms. The molecule has 8 saturated carbocycles. The van der Waals surface area contributed by atoms with Gasteiger partial charge in [-0.15, -0.1) is 0 Å². The molecular weight excluding hydrogens is 402 g/mol. The quantitative estimate of drug-likeness (QED) is 0.516. The third kappa shape index (κ3) is 2.86. The summed E-state index contributed by atoms with van der Waals surface area (Å²) < 4.78 is 0.390. The Morgan fingerprint density at radius 3 is 1.27 bits per heavy atom. The molecule has 0 spiro atoms. The topological polar surface area (TPSA) is 12.9 Å². The Balaban J connectivity index is 1.12. The smallest absolute Gasteiger partial charge is 0.0420 e. The van der Waals surface area contributed by atoms with Crippen molar-refractivity contribution in [3.63, 3.8) is 0 Å². The van der Waals surface area contributed by atoms with Gasteiger partial charge in [0.25, 0.3) is 0 Å². The fraction of sp³-hybridized carbons (Fsp3) is 0.815. The first kappa shape index (κ1) is 19.3. The van der Waals surface area contributed by atoms with Gasteiger partial charge in [0, 0.05) is 33.7 Å². The van der Waals surface area contributed by atoms with Gasteiger partial charge in [0.2, 0.25) is 0 Å². The van der Waals surface area contributed by atoms with Crippen molar-refractivity contribution >= 4 is 25.3 Å². The van der Waals surface area contributed by atoms with Crippen LogP contribution in [0, 0.1) is 47.3 Å². The van der Waals surface area contributed by atoms with Gasteiger partial charge in [0.1, 0.15) is 0 Å². The van der Waals surface area contributed by atoms with E-state index in [0.717, 1.165) is 60.2 Å². The zero-order valence-electron chi connectivity index (χ0n) is 18.2. The van der Waals surface area contributed by atoms with Gasteiger partial charge < -0.3 is 0 Å². The summed E-state index contributed by atoms with van der Waals surface area (Å²) in [5.74, 6) is 7.32. The van der Waals surface area contributed by atoms with E-state index in [1.54, 1.807) is 0 Å². The van der Waals surface area contributed by atoms with Gasteiger partial charge in [-0.05, 0) is 124 Å². The third-order valence-electron chi connectivity index (χ3n) is 10.9. The van der Waals surface area contributed by atoms with Crippen molar-refractivity contribution in [2.45, 2.75) is 86.5 Å². The summed E-state index contributed by atoms with van der Waals surface area (Å²) in [5, 5.41) is 0. The van der Waals surface area contributed by atoms with Gasteiger partial charge in [-0.2, -0.15) is 25.3 Å². The molecule has 0 saturated heterocycles. The molecule has 30 heavy (non-hydrogen) atoms. The highest BCUT2D eigenvalue weighted by atomic mass is 32.1. The molecule has 162 valence electrons. The average molecular weight is 440 g/mol. The van der Waals surface area contributed by atoms with Crippen LogP contribution in [-0.4, -0.2) is 14.5 Å². The van der Waals surface area contributed by atoms with Crippen LogP contribution in [-0.2, 0) is 12.8 Å². The summed E-state index contributed by atoms with van der Waals surface area (Å²) in [6, 6.07) is 6.85. The fourth-order valence-electron chi connectivity index (χ4n) is 9.88. The highest BCUT2D eigenvalue weighted by Gasteiger charge is 2.56. The van der Waals surface area contributed by atoms with E-state index in [1.807, 2.05) is 0 Å². The van der Waals surface area contributed by atoms with Crippen molar-refractivity contribution in [3.8, 4) is 0 Å². The molecule has 8 aliphatic carbocycles. The first-order valence-corrected chi connectivity index (χ1v) is 13.8. The summed E-state index contributed by atoms with van der Waals surface area (Å²) in [4.78, 5) is 5.27. The van der Waals surface area contributed by atoms with Crippen molar-refractivity contribution in [1.29, 1.82) is 0 Å². The normalized spacial score (nSPS) is 52.9. The van der Waals surface area contributed by atoms with Gasteiger partial charge in [-0.1, -0.05) is 6.07 Å². The molecule has 0 aromatic carbocycles. The lowest BCUT2D eigenvalue weighted by Gasteiger charge is -2.60. The number of nitrogens with zero attached hydrogens (tertiary/aromatic N) is 1. The Kier molecular flexibility index (Phi) is 4.31. The van der Waals surface area contributed by atoms with Crippen molar-refractivity contribution in [1.82, 2.24) is 4.98 Å². The molecular formula is C27H37NS2. The Hall–Kier alpha value is -0.150. The Morgan fingerprint density at radius 2 is 0.933 bits per heavy atom. The monoisotopic (exact) mass is 439 g/mol. The fourth-order valence-corrected chi connectivity index (χ4v) is 11.1. The minimum atomic E-state index is 0.195. The second kappa shape index (κ2) is 6.69. The first-order chi connectivity index (χ1) is 14.5. The molecule has 1 heterocycles. The van der Waals surface area contributed by atoms with Crippen LogP contribution in [0.2, 0.25) is 0 Å². The van der Waals surface area contributed by atoms with Crippen LogP contribution < -0.4 is 0 Å². The van der Waals surface area contributed by atoms with Crippen LogP contribution in [0.3, 0.4) is 0 Å². The van der Waals surface area contributed by atoms with E-state index in [-0.39, 0.29) is 9.49 Å². The molecule has 9 rings (SSSR count). The standard InChI is InChI=1S/C27H37NS2/c29-26(20-6-16-4-17(8-20)9-21(26)7-16)14-24-2-1-3-25(28-24)15-27(30)22-10-18-5-19(12-22)13-23(27)11-18/h1-3,16-23,29-30H,4-15H2. The van der Waals surface area contributed by atoms with E-state index in [9.17, 15) is 0 Å². The van der Waals surface area contributed by atoms with Crippen LogP contribution in [0.15, 0.2) is 18.2 Å². The van der Waals surface area contributed by atoms with Gasteiger partial charge in [-0.25, -0.2) is 0 Å². The predicted octanol–water partition coefficient (Wildman–Crippen LogP) is 6.42. The SMILES string of the molecule is SC1(Cc2cccc(CC3(S)C4CC5CC(C4)CC3C5)n2)C2CC3CC(C2)CC1C3. The second-order valence-electron chi connectivity index (χ2n) is 12.6. The van der Waals surface area contributed by atoms with Crippen molar-refractivity contribution in [2.24, 2.45) is 47.3 Å². The zero-order valence-corrected chi connectivity index (χ0v) is 20.0. The molecule has 0 radical (unpaired) electrons. The molecule has 8 aliphatic rings. The Bertz CT molecular complexity index is 726. The van der Waals surface area contributed by atoms with Crippen molar-refractivity contribution in [3.05, 3.63) is 29.6 Å². The van der Waals surface area contributed by atoms with Gasteiger partial charge in [-0.3, -0.25) is 4.98 Å². The number of hydrogen-bond acceptors (Lipinski definition) is 3. The van der Waals surface area contributed by atoms with Crippen LogP contribution in [0.25, 0.3) is 0 Å². The van der Waals surface area contributed by atoms with E-state index in [0.29, 0.717) is 0 Å². The molecule has 0 atom stereocenters. The number of pyridine rings is 1. The number of aromatic nitrogens is 1. The lowest BCUT2D eigenvalue weighted by Crippen LogP contribution is -2.56. The van der Waals surface area contributed by atoms with E-state index >= 15 is 0 Å². The molecule has 0 amide bonds. The predicted molar refractivity (Wildman–Crippen MR) is 129 cm³/mol. The minimum Gasteiger partial charge on any atom is -0.258 e. The maximum Gasteiger partial charge on any atom is 0.0420 e. The zero-order chi connectivity index (χ0) is 20.1. The minimum absolute atomic E-state index is 0.195. The molecule has 8 fully saturated rings. The van der Waals surface area contributed by atoms with Crippen molar-refractivity contribution < 1.29 is 0 Å². The summed E-state index contributed by atoms with van der Waals surface area (Å²) in [7, 11) is 0. The van der Waals surface area contributed by atoms with Gasteiger partial charge >= 0.3 is 0 Å². The van der Waals surface area contributed by atoms with Crippen molar-refractivity contribution in [2.75, 3.05) is 0 Å². The maximum atomic E-state index is 5.44. The summed E-state index contributed by atoms with van der Waals surface area (Å²) in [6.07, 6.45) is 16.6. The van der Waals surface area contributed by atoms with Gasteiger partial charge in [0.05, 0.1) is 0 Å². The highest BCUT2D eigenvalue weighted by molar-refractivity contribution is 7.82. The molecule has 0 aliphatic heterocycles. The molecule has 1 aromatic rings. The van der Waals surface area contributed by atoms with Gasteiger partial charge in [0.15, 0.2) is 0 Å². The lowest BCUT2D eigenvalue weighted by molar-refractivity contribution is -0.0167. The summed E-state index contributed by atoms with van der Waals surface area (Å²) >= 11 is 10.9. The highest BCUT2D eigenvalue weighted by Crippen LogP contribution is 2.62. The maximum absolute atomic E-state index is 5.44. The molecule has 0 unspecified atom stereocenters. The Labute approximate surface area is 193 Å². The van der Waals surface area contributed by atoms with E-state index in [4.69, 9.17) is 30.2 Å². The summed E-state index contributed by atoms with van der Waals surface area (Å²) in [5.41, 5.74) is 2.60. The van der Waals surface area contributed by atoms with E-state index in [2.05, 4.69) is 18.2 Å². The first-order valence-electron chi connectivity index (χ1n) is 12.9. The summed E-state index contributed by atoms with van der Waals surface area (Å²) in [6.45, 7) is 0. The van der Waals surface area contributed by atoms with E-state index < -0.39 is 0 Å².